The van der Waals surface area contributed by atoms with Crippen LogP contribution in [0.15, 0.2) is 29.3 Å². The van der Waals surface area contributed by atoms with E-state index >= 15 is 0 Å². The van der Waals surface area contributed by atoms with E-state index < -0.39 is 11.9 Å². The normalized spacial score (nSPS) is 19.1. The number of unbranched alkanes of at least 4 members (excludes halogenated alkanes) is 1. The zero-order chi connectivity index (χ0) is 13.8. The van der Waals surface area contributed by atoms with Crippen LogP contribution in [0.5, 0.6) is 5.75 Å². The van der Waals surface area contributed by atoms with Crippen LogP contribution in [-0.2, 0) is 4.79 Å². The summed E-state index contributed by atoms with van der Waals surface area (Å²) in [5.74, 6) is -1.28. The third-order valence-corrected chi connectivity index (χ3v) is 3.15. The van der Waals surface area contributed by atoms with E-state index in [9.17, 15) is 9.59 Å². The Kier molecular flexibility index (Phi) is 4.10. The third kappa shape index (κ3) is 2.72. The number of para-hydroxylation sites is 1. The molecule has 100 valence electrons. The third-order valence-electron chi connectivity index (χ3n) is 3.15. The first kappa shape index (κ1) is 13.5. The number of fused-ring (bicyclic) bond motifs is 1. The number of benzene rings is 1. The molecule has 0 spiro atoms. The molecule has 0 radical (unpaired) electrons. The van der Waals surface area contributed by atoms with E-state index in [0.29, 0.717) is 23.6 Å². The van der Waals surface area contributed by atoms with Crippen molar-refractivity contribution >= 4 is 17.5 Å². The zero-order valence-electron chi connectivity index (χ0n) is 11.2. The SMILES string of the molecule is CCCCN=C(C)C1C(=O)Oc2ccccc2C1=O. The molecule has 1 aliphatic rings. The van der Waals surface area contributed by atoms with Gasteiger partial charge < -0.3 is 4.74 Å². The maximum atomic E-state index is 12.3. The molecule has 1 aliphatic heterocycles. The van der Waals surface area contributed by atoms with E-state index in [1.165, 1.54) is 0 Å². The van der Waals surface area contributed by atoms with Gasteiger partial charge >= 0.3 is 5.97 Å². The van der Waals surface area contributed by atoms with Crippen LogP contribution in [0.1, 0.15) is 37.0 Å². The van der Waals surface area contributed by atoms with Crippen LogP contribution >= 0.6 is 0 Å². The molecule has 4 nitrogen and oxygen atoms in total. The highest BCUT2D eigenvalue weighted by atomic mass is 16.5. The average molecular weight is 259 g/mol. The summed E-state index contributed by atoms with van der Waals surface area (Å²) in [4.78, 5) is 28.5. The lowest BCUT2D eigenvalue weighted by Crippen LogP contribution is -2.38. The Hall–Kier alpha value is -1.97. The molecule has 4 heteroatoms. The molecular weight excluding hydrogens is 242 g/mol. The second-order valence-electron chi connectivity index (χ2n) is 4.59. The smallest absolute Gasteiger partial charge is 0.328 e. The van der Waals surface area contributed by atoms with Crippen molar-refractivity contribution < 1.29 is 14.3 Å². The minimum Gasteiger partial charge on any atom is -0.425 e. The number of hydrogen-bond donors (Lipinski definition) is 0. The van der Waals surface area contributed by atoms with Crippen molar-refractivity contribution in [3.05, 3.63) is 29.8 Å². The first-order valence-electron chi connectivity index (χ1n) is 6.51. The molecule has 1 heterocycles. The maximum Gasteiger partial charge on any atom is 0.328 e. The van der Waals surface area contributed by atoms with E-state index in [4.69, 9.17) is 4.74 Å². The number of aliphatic imine (C=N–C) groups is 1. The van der Waals surface area contributed by atoms with Gasteiger partial charge in [-0.1, -0.05) is 25.5 Å². The zero-order valence-corrected chi connectivity index (χ0v) is 11.2. The second-order valence-corrected chi connectivity index (χ2v) is 4.59. The van der Waals surface area contributed by atoms with E-state index in [1.807, 2.05) is 0 Å². The van der Waals surface area contributed by atoms with Crippen molar-refractivity contribution in [2.75, 3.05) is 6.54 Å². The molecule has 19 heavy (non-hydrogen) atoms. The lowest BCUT2D eigenvalue weighted by atomic mass is 9.91. The van der Waals surface area contributed by atoms with Crippen LogP contribution in [0.3, 0.4) is 0 Å². The van der Waals surface area contributed by atoms with Gasteiger partial charge in [-0.3, -0.25) is 14.6 Å². The molecule has 1 unspecified atom stereocenters. The van der Waals surface area contributed by atoms with Crippen LogP contribution in [-0.4, -0.2) is 24.0 Å². The molecule has 1 aromatic carbocycles. The first-order chi connectivity index (χ1) is 9.15. The van der Waals surface area contributed by atoms with E-state index in [-0.39, 0.29) is 5.78 Å². The van der Waals surface area contributed by atoms with E-state index in [2.05, 4.69) is 11.9 Å². The average Bonchev–Trinajstić information content (AvgIpc) is 2.39. The highest BCUT2D eigenvalue weighted by Gasteiger charge is 2.38. The van der Waals surface area contributed by atoms with Crippen LogP contribution < -0.4 is 4.74 Å². The summed E-state index contributed by atoms with van der Waals surface area (Å²) in [5, 5.41) is 0. The van der Waals surface area contributed by atoms with Gasteiger partial charge in [0.15, 0.2) is 11.7 Å². The van der Waals surface area contributed by atoms with Crippen molar-refractivity contribution in [2.45, 2.75) is 26.7 Å². The van der Waals surface area contributed by atoms with Gasteiger partial charge in [0, 0.05) is 12.3 Å². The number of ether oxygens (including phenoxy) is 1. The fraction of sp³-hybridized carbons (Fsp3) is 0.400. The lowest BCUT2D eigenvalue weighted by molar-refractivity contribution is -0.135. The Labute approximate surface area is 112 Å². The van der Waals surface area contributed by atoms with Gasteiger partial charge in [0.2, 0.25) is 0 Å². The number of esters is 1. The summed E-state index contributed by atoms with van der Waals surface area (Å²) in [5.41, 5.74) is 0.995. The number of ketones is 1. The Morgan fingerprint density at radius 3 is 2.79 bits per heavy atom. The standard InChI is InChI=1S/C15H17NO3/c1-3-4-9-16-10(2)13-14(17)11-7-5-6-8-12(11)19-15(13)18/h5-8,13H,3-4,9H2,1-2H3. The van der Waals surface area contributed by atoms with Crippen LogP contribution in [0, 0.1) is 5.92 Å². The summed E-state index contributed by atoms with van der Waals surface area (Å²) in [7, 11) is 0. The molecule has 0 amide bonds. The maximum absolute atomic E-state index is 12.3. The van der Waals surface area contributed by atoms with Gasteiger partial charge in [0.1, 0.15) is 5.75 Å². The molecular formula is C15H17NO3. The summed E-state index contributed by atoms with van der Waals surface area (Å²) >= 11 is 0. The highest BCUT2D eigenvalue weighted by molar-refractivity contribution is 6.26. The fourth-order valence-corrected chi connectivity index (χ4v) is 2.05. The topological polar surface area (TPSA) is 55.7 Å². The Morgan fingerprint density at radius 1 is 1.32 bits per heavy atom. The van der Waals surface area contributed by atoms with Crippen LogP contribution in [0.4, 0.5) is 0 Å². The van der Waals surface area contributed by atoms with E-state index in [1.54, 1.807) is 31.2 Å². The molecule has 1 aromatic rings. The molecule has 0 bridgehead atoms. The minimum absolute atomic E-state index is 0.218. The number of hydrogen-bond acceptors (Lipinski definition) is 4. The minimum atomic E-state index is -0.883. The van der Waals surface area contributed by atoms with Gasteiger partial charge in [0.25, 0.3) is 0 Å². The number of Topliss-reactive ketones (excluding diaryl/α,β-unsaturated/α-hetero) is 1. The van der Waals surface area contributed by atoms with Crippen molar-refractivity contribution in [1.29, 1.82) is 0 Å². The lowest BCUT2D eigenvalue weighted by Gasteiger charge is -2.21. The predicted octanol–water partition coefficient (Wildman–Crippen LogP) is 2.67. The molecule has 0 saturated carbocycles. The summed E-state index contributed by atoms with van der Waals surface area (Å²) in [6.45, 7) is 4.43. The Balaban J connectivity index is 2.26. The largest absolute Gasteiger partial charge is 0.425 e. The summed E-state index contributed by atoms with van der Waals surface area (Å²) in [6.07, 6.45) is 1.98. The first-order valence-corrected chi connectivity index (χ1v) is 6.51. The van der Waals surface area contributed by atoms with Crippen molar-refractivity contribution in [3.63, 3.8) is 0 Å². The molecule has 0 N–H and O–H groups in total. The van der Waals surface area contributed by atoms with Gasteiger partial charge in [-0.2, -0.15) is 0 Å². The highest BCUT2D eigenvalue weighted by Crippen LogP contribution is 2.28. The second kappa shape index (κ2) is 5.78. The Morgan fingerprint density at radius 2 is 2.05 bits per heavy atom. The van der Waals surface area contributed by atoms with Crippen LogP contribution in [0.2, 0.25) is 0 Å². The summed E-state index contributed by atoms with van der Waals surface area (Å²) < 4.78 is 5.20. The van der Waals surface area contributed by atoms with Gasteiger partial charge in [-0.25, -0.2) is 0 Å². The number of carbonyl (C=O) groups is 2. The Bertz CT molecular complexity index is 534. The van der Waals surface area contributed by atoms with Gasteiger partial charge in [-0.05, 0) is 25.5 Å². The van der Waals surface area contributed by atoms with Crippen molar-refractivity contribution in [3.8, 4) is 5.75 Å². The molecule has 0 aromatic heterocycles. The molecule has 0 fully saturated rings. The van der Waals surface area contributed by atoms with Crippen LogP contribution in [0.25, 0.3) is 0 Å². The quantitative estimate of drug-likeness (QED) is 0.274. The van der Waals surface area contributed by atoms with E-state index in [0.717, 1.165) is 12.8 Å². The molecule has 0 saturated heterocycles. The summed E-state index contributed by atoms with van der Waals surface area (Å²) in [6, 6.07) is 6.81. The van der Waals surface area contributed by atoms with Crippen molar-refractivity contribution in [2.24, 2.45) is 10.9 Å². The monoisotopic (exact) mass is 259 g/mol. The number of rotatable bonds is 4. The van der Waals surface area contributed by atoms with Crippen molar-refractivity contribution in [1.82, 2.24) is 0 Å². The number of carbonyl (C=O) groups excluding carboxylic acids is 2. The number of nitrogens with zero attached hydrogens (tertiary/aromatic N) is 1. The van der Waals surface area contributed by atoms with Gasteiger partial charge in [0.05, 0.1) is 5.56 Å². The predicted molar refractivity (Wildman–Crippen MR) is 72.8 cm³/mol. The molecule has 2 rings (SSSR count). The fourth-order valence-electron chi connectivity index (χ4n) is 2.05. The molecule has 0 aliphatic carbocycles. The van der Waals surface area contributed by atoms with Gasteiger partial charge in [-0.15, -0.1) is 0 Å². The molecule has 1 atom stereocenters.